The Kier molecular flexibility index (Phi) is 2.54. The Hall–Kier alpha value is -1.10. The maximum absolute atomic E-state index is 11.4. The molecule has 0 saturated carbocycles. The van der Waals surface area contributed by atoms with Gasteiger partial charge in [0.15, 0.2) is 14.6 Å². The summed E-state index contributed by atoms with van der Waals surface area (Å²) in [5, 5.41) is 8.95. The summed E-state index contributed by atoms with van der Waals surface area (Å²) < 4.78 is 21.0. The minimum atomic E-state index is -3.64. The molecule has 0 spiro atoms. The first-order valence-corrected chi connectivity index (χ1v) is 5.98. The molecular formula is C9H12O4S. The van der Waals surface area contributed by atoms with Crippen molar-refractivity contribution in [2.75, 3.05) is 6.26 Å². The van der Waals surface area contributed by atoms with E-state index >= 15 is 0 Å². The summed E-state index contributed by atoms with van der Waals surface area (Å²) in [5.41, 5.74) is 0.880. The zero-order valence-corrected chi connectivity index (χ0v) is 8.84. The van der Waals surface area contributed by atoms with Crippen LogP contribution in [0.4, 0.5) is 0 Å². The van der Waals surface area contributed by atoms with E-state index in [1.165, 1.54) is 12.2 Å². The van der Waals surface area contributed by atoms with Crippen molar-refractivity contribution in [2.45, 2.75) is 18.1 Å². The number of hydrogen-bond acceptors (Lipinski definition) is 3. The molecule has 0 aliphatic heterocycles. The highest BCUT2D eigenvalue weighted by Crippen LogP contribution is 2.29. The van der Waals surface area contributed by atoms with Crippen molar-refractivity contribution in [3.05, 3.63) is 23.8 Å². The average molecular weight is 216 g/mol. The van der Waals surface area contributed by atoms with E-state index in [1.807, 2.05) is 0 Å². The fraction of sp³-hybridized carbons (Fsp3) is 0.444. The first kappa shape index (κ1) is 11.0. The maximum atomic E-state index is 11.4. The van der Waals surface area contributed by atoms with Gasteiger partial charge in [-0.1, -0.05) is 23.8 Å². The minimum Gasteiger partial charge on any atom is -0.480 e. The smallest absolute Gasteiger partial charge is 0.329 e. The van der Waals surface area contributed by atoms with Crippen LogP contribution in [0.3, 0.4) is 0 Å². The number of rotatable bonds is 2. The molecule has 78 valence electrons. The number of aliphatic carboxylic acids is 1. The molecule has 1 rings (SSSR count). The number of carbonyl (C=O) groups is 1. The van der Waals surface area contributed by atoms with Crippen molar-refractivity contribution < 1.29 is 18.3 Å². The van der Waals surface area contributed by atoms with Gasteiger partial charge in [0.2, 0.25) is 0 Å². The van der Waals surface area contributed by atoms with Gasteiger partial charge >= 0.3 is 5.97 Å². The summed E-state index contributed by atoms with van der Waals surface area (Å²) in [7, 11) is -3.64. The molecule has 1 atom stereocenters. The van der Waals surface area contributed by atoms with Crippen LogP contribution in [0.25, 0.3) is 0 Å². The van der Waals surface area contributed by atoms with Gasteiger partial charge < -0.3 is 5.11 Å². The number of carboxylic acid groups (broad SMARTS) is 1. The molecule has 1 aliphatic carbocycles. The summed E-state index contributed by atoms with van der Waals surface area (Å²) >= 11 is 0. The highest BCUT2D eigenvalue weighted by atomic mass is 32.2. The van der Waals surface area contributed by atoms with Gasteiger partial charge in [-0.2, -0.15) is 0 Å². The molecule has 5 heteroatoms. The van der Waals surface area contributed by atoms with E-state index in [9.17, 15) is 13.2 Å². The molecule has 14 heavy (non-hydrogen) atoms. The molecule has 4 nitrogen and oxygen atoms in total. The Morgan fingerprint density at radius 1 is 1.57 bits per heavy atom. The zero-order valence-electron chi connectivity index (χ0n) is 8.02. The molecule has 0 aromatic rings. The van der Waals surface area contributed by atoms with E-state index in [-0.39, 0.29) is 6.42 Å². The Morgan fingerprint density at radius 3 is 2.43 bits per heavy atom. The lowest BCUT2D eigenvalue weighted by molar-refractivity contribution is -0.138. The van der Waals surface area contributed by atoms with Crippen LogP contribution >= 0.6 is 0 Å². The average Bonchev–Trinajstić information content (AvgIpc) is 2.02. The van der Waals surface area contributed by atoms with Crippen LogP contribution in [-0.4, -0.2) is 30.5 Å². The molecule has 1 aliphatic rings. The predicted octanol–water partition coefficient (Wildman–Crippen LogP) is 0.761. The van der Waals surface area contributed by atoms with E-state index < -0.39 is 20.6 Å². The van der Waals surface area contributed by atoms with Gasteiger partial charge in [-0.15, -0.1) is 0 Å². The van der Waals surface area contributed by atoms with Crippen molar-refractivity contribution in [1.29, 1.82) is 0 Å². The van der Waals surface area contributed by atoms with Gasteiger partial charge in [-0.3, -0.25) is 4.79 Å². The normalized spacial score (nSPS) is 27.1. The zero-order chi connectivity index (χ0) is 11.0. The molecule has 0 heterocycles. The molecule has 0 aromatic heterocycles. The van der Waals surface area contributed by atoms with Crippen LogP contribution in [0.1, 0.15) is 13.3 Å². The summed E-state index contributed by atoms with van der Waals surface area (Å²) in [4.78, 5) is 11.0. The molecule has 0 fully saturated rings. The highest BCUT2D eigenvalue weighted by molar-refractivity contribution is 7.93. The van der Waals surface area contributed by atoms with Crippen molar-refractivity contribution in [3.8, 4) is 0 Å². The monoisotopic (exact) mass is 216 g/mol. The number of hydrogen-bond donors (Lipinski definition) is 1. The maximum Gasteiger partial charge on any atom is 0.329 e. The van der Waals surface area contributed by atoms with Gasteiger partial charge in [0.05, 0.1) is 0 Å². The van der Waals surface area contributed by atoms with Crippen molar-refractivity contribution in [3.63, 3.8) is 0 Å². The van der Waals surface area contributed by atoms with E-state index in [0.717, 1.165) is 11.8 Å². The first-order chi connectivity index (χ1) is 6.29. The lowest BCUT2D eigenvalue weighted by Crippen LogP contribution is -2.44. The van der Waals surface area contributed by atoms with Crippen molar-refractivity contribution in [1.82, 2.24) is 0 Å². The summed E-state index contributed by atoms with van der Waals surface area (Å²) in [6.45, 7) is 1.80. The summed E-state index contributed by atoms with van der Waals surface area (Å²) in [6, 6.07) is 0. The standard InChI is InChI=1S/C9H12O4S/c1-7-3-5-9(6-4-7,8(10)11)14(2,12)13/h3-5H,6H2,1-2H3,(H,10,11). The molecule has 0 amide bonds. The molecule has 0 aromatic carbocycles. The Balaban J connectivity index is 3.26. The number of sulfone groups is 1. The third-order valence-corrected chi connectivity index (χ3v) is 4.17. The van der Waals surface area contributed by atoms with Gasteiger partial charge in [0.1, 0.15) is 0 Å². The minimum absolute atomic E-state index is 0.00347. The van der Waals surface area contributed by atoms with E-state index in [0.29, 0.717) is 0 Å². The third kappa shape index (κ3) is 1.59. The first-order valence-electron chi connectivity index (χ1n) is 4.08. The fourth-order valence-corrected chi connectivity index (χ4v) is 2.33. The second kappa shape index (κ2) is 3.24. The second-order valence-electron chi connectivity index (χ2n) is 3.45. The quantitative estimate of drug-likeness (QED) is 0.739. The molecule has 0 saturated heterocycles. The predicted molar refractivity (Wildman–Crippen MR) is 52.7 cm³/mol. The molecule has 0 bridgehead atoms. The topological polar surface area (TPSA) is 71.4 Å². The van der Waals surface area contributed by atoms with Gasteiger partial charge in [-0.25, -0.2) is 8.42 Å². The lowest BCUT2D eigenvalue weighted by Gasteiger charge is -2.25. The van der Waals surface area contributed by atoms with Crippen LogP contribution in [0.15, 0.2) is 23.8 Å². The largest absolute Gasteiger partial charge is 0.480 e. The van der Waals surface area contributed by atoms with Crippen LogP contribution in [0.5, 0.6) is 0 Å². The second-order valence-corrected chi connectivity index (χ2v) is 5.73. The van der Waals surface area contributed by atoms with E-state index in [4.69, 9.17) is 5.11 Å². The van der Waals surface area contributed by atoms with E-state index in [1.54, 1.807) is 13.0 Å². The number of allylic oxidation sites excluding steroid dienone is 3. The van der Waals surface area contributed by atoms with Crippen LogP contribution in [0.2, 0.25) is 0 Å². The van der Waals surface area contributed by atoms with Crippen LogP contribution in [0, 0.1) is 0 Å². The molecular weight excluding hydrogens is 204 g/mol. The summed E-state index contributed by atoms with van der Waals surface area (Å²) in [5.74, 6) is -1.32. The summed E-state index contributed by atoms with van der Waals surface area (Å²) in [6.07, 6.45) is 5.34. The lowest BCUT2D eigenvalue weighted by atomic mass is 9.96. The molecule has 1 N–H and O–H groups in total. The van der Waals surface area contributed by atoms with Gasteiger partial charge in [0.25, 0.3) is 0 Å². The van der Waals surface area contributed by atoms with Crippen molar-refractivity contribution in [2.24, 2.45) is 0 Å². The number of carboxylic acids is 1. The Bertz CT molecular complexity index is 416. The van der Waals surface area contributed by atoms with Gasteiger partial charge in [-0.05, 0) is 13.3 Å². The van der Waals surface area contributed by atoms with Crippen LogP contribution in [-0.2, 0) is 14.6 Å². The Labute approximate surface area is 82.9 Å². The highest BCUT2D eigenvalue weighted by Gasteiger charge is 2.46. The fourth-order valence-electron chi connectivity index (χ4n) is 1.31. The van der Waals surface area contributed by atoms with Crippen LogP contribution < -0.4 is 0 Å². The van der Waals surface area contributed by atoms with E-state index in [2.05, 4.69) is 0 Å². The third-order valence-electron chi connectivity index (χ3n) is 2.37. The molecule has 0 radical (unpaired) electrons. The Morgan fingerprint density at radius 2 is 2.14 bits per heavy atom. The van der Waals surface area contributed by atoms with Gasteiger partial charge in [0, 0.05) is 6.26 Å². The van der Waals surface area contributed by atoms with Crippen molar-refractivity contribution >= 4 is 15.8 Å². The molecule has 1 unspecified atom stereocenters. The SMILES string of the molecule is CC1=CCC(C(=O)O)(S(C)(=O)=O)C=C1.